The van der Waals surface area contributed by atoms with E-state index in [1.54, 1.807) is 0 Å². The second kappa shape index (κ2) is 36.0. The monoisotopic (exact) mass is 747 g/mol. The second-order valence-electron chi connectivity index (χ2n) is 14.9. The van der Waals surface area contributed by atoms with Gasteiger partial charge in [0.2, 0.25) is 0 Å². The van der Waals surface area contributed by atoms with E-state index in [1.165, 1.54) is 128 Å². The van der Waals surface area contributed by atoms with Crippen LogP contribution in [0.4, 0.5) is 0 Å². The summed E-state index contributed by atoms with van der Waals surface area (Å²) < 4.78 is 1.34. The molecule has 0 unspecified atom stereocenters. The maximum atomic E-state index is 5.23. The Hall–Kier alpha value is 0.726. The van der Waals surface area contributed by atoms with Crippen molar-refractivity contribution in [1.82, 2.24) is 9.80 Å². The number of unbranched alkanes of at least 4 members (excludes halogenated alkanes) is 12. The smallest absolute Gasteiger partial charge is 0.411 e. The minimum absolute atomic E-state index is 0. The van der Waals surface area contributed by atoms with Crippen LogP contribution in [-0.4, -0.2) is 44.6 Å². The molecule has 2 nitrogen and oxygen atoms in total. The Morgan fingerprint density at radius 3 is 0.711 bits per heavy atom. The van der Waals surface area contributed by atoms with Gasteiger partial charge in [-0.1, -0.05) is 167 Å². The third-order valence-corrected chi connectivity index (χ3v) is 9.39. The van der Waals surface area contributed by atoms with Gasteiger partial charge in [0, 0.05) is 26.2 Å². The van der Waals surface area contributed by atoms with Crippen molar-refractivity contribution in [1.29, 1.82) is 0 Å². The third-order valence-electron chi connectivity index (χ3n) is 8.35. The molecule has 0 heterocycles. The summed E-state index contributed by atoms with van der Waals surface area (Å²) >= 11 is 20.9. The first-order valence-electron chi connectivity index (χ1n) is 18.8. The van der Waals surface area contributed by atoms with E-state index in [9.17, 15) is 0 Å². The zero-order chi connectivity index (χ0) is 33.6. The fraction of sp³-hybridized carbons (Fsp3) is 0.947. The van der Waals surface area contributed by atoms with E-state index >= 15 is 0 Å². The molecule has 0 aliphatic heterocycles. The molecule has 0 rings (SSSR count). The van der Waals surface area contributed by atoms with Gasteiger partial charge in [0.05, 0.1) is 0 Å². The quantitative estimate of drug-likeness (QED) is 0.0443. The Labute approximate surface area is 316 Å². The molecule has 0 atom stereocenters. The van der Waals surface area contributed by atoms with Gasteiger partial charge in [0.1, 0.15) is 0 Å². The van der Waals surface area contributed by atoms with E-state index < -0.39 is 0 Å². The van der Waals surface area contributed by atoms with E-state index in [1.807, 2.05) is 0 Å². The molecule has 0 aromatic heterocycles. The predicted octanol–water partition coefficient (Wildman–Crippen LogP) is 12.7. The second-order valence-corrected chi connectivity index (χ2v) is 17.0. The molecule has 0 spiro atoms. The summed E-state index contributed by atoms with van der Waals surface area (Å²) in [6.07, 6.45) is 26.5. The molecule has 0 aromatic rings. The van der Waals surface area contributed by atoms with Gasteiger partial charge >= 0.3 is 16.8 Å². The number of nitrogens with zero attached hydrogens (tertiary/aromatic N) is 2. The van der Waals surface area contributed by atoms with Crippen molar-refractivity contribution < 1.29 is 16.8 Å². The van der Waals surface area contributed by atoms with Crippen LogP contribution in [0.1, 0.15) is 184 Å². The number of hydrogen-bond acceptors (Lipinski definition) is 4. The average Bonchev–Trinajstić information content (AvgIpc) is 2.93. The first-order valence-corrected chi connectivity index (χ1v) is 20.4. The molecule has 0 saturated carbocycles. The van der Waals surface area contributed by atoms with Crippen LogP contribution in [0, 0.1) is 23.7 Å². The summed E-state index contributed by atoms with van der Waals surface area (Å²) in [5.41, 5.74) is 0. The normalized spacial score (nSPS) is 11.1. The van der Waals surface area contributed by atoms with Gasteiger partial charge in [-0.25, -0.2) is 0 Å². The molecule has 0 amide bonds. The van der Waals surface area contributed by atoms with E-state index in [4.69, 9.17) is 49.7 Å². The molecule has 0 bridgehead atoms. The molecule has 0 aromatic carbocycles. The van der Waals surface area contributed by atoms with E-state index in [0.717, 1.165) is 49.9 Å². The molecular weight excluding hydrogens is 672 g/mol. The summed E-state index contributed by atoms with van der Waals surface area (Å²) in [7, 11) is 0. The van der Waals surface area contributed by atoms with Crippen LogP contribution in [0.25, 0.3) is 0 Å². The van der Waals surface area contributed by atoms with Crippen molar-refractivity contribution >= 4 is 58.3 Å². The molecule has 0 fully saturated rings. The summed E-state index contributed by atoms with van der Waals surface area (Å²) in [6.45, 7) is 22.7. The fourth-order valence-corrected chi connectivity index (χ4v) is 6.15. The molecular formula is C38H76CoN2S4. The molecule has 45 heavy (non-hydrogen) atoms. The molecule has 0 saturated heterocycles. The Morgan fingerprint density at radius 1 is 0.378 bits per heavy atom. The van der Waals surface area contributed by atoms with E-state index in [0.29, 0.717) is 8.64 Å². The Kier molecular flexibility index (Phi) is 40.1. The van der Waals surface area contributed by atoms with Gasteiger partial charge in [-0.15, -0.1) is 0 Å². The number of thiocarbonyl (C=S) groups is 2. The first-order chi connectivity index (χ1) is 20.9. The summed E-state index contributed by atoms with van der Waals surface area (Å²) in [5.74, 6) is 3.36. The molecule has 1 radical (unpaired) electrons. The topological polar surface area (TPSA) is 6.48 Å². The van der Waals surface area contributed by atoms with Crippen LogP contribution in [0.2, 0.25) is 0 Å². The first kappa shape index (κ1) is 50.1. The molecule has 0 aliphatic carbocycles. The minimum atomic E-state index is 0. The van der Waals surface area contributed by atoms with Crippen LogP contribution in [0.15, 0.2) is 0 Å². The molecule has 271 valence electrons. The summed E-state index contributed by atoms with van der Waals surface area (Å²) in [4.78, 5) is 4.49. The minimum Gasteiger partial charge on any atom is -0.411 e. The molecule has 0 N–H and O–H groups in total. The van der Waals surface area contributed by atoms with Gasteiger partial charge in [0.15, 0.2) is 0 Å². The van der Waals surface area contributed by atoms with Crippen molar-refractivity contribution in [2.24, 2.45) is 23.7 Å². The average molecular weight is 748 g/mol. The van der Waals surface area contributed by atoms with Crippen LogP contribution in [0.3, 0.4) is 0 Å². The van der Waals surface area contributed by atoms with E-state index in [-0.39, 0.29) is 16.8 Å². The van der Waals surface area contributed by atoms with Crippen molar-refractivity contribution in [2.45, 2.75) is 184 Å². The predicted molar refractivity (Wildman–Crippen MR) is 215 cm³/mol. The number of rotatable bonds is 28. The molecule has 0 aliphatic rings. The van der Waals surface area contributed by atoms with Crippen molar-refractivity contribution in [3.8, 4) is 0 Å². The SMILES string of the molecule is CC(C)CCCCCCN(CCCCCCC(C)C)C(=S)[S-].CC(C)CCCCCCN(CCCCCCC(C)C)C(=S)[S-].[Co+2]. The van der Waals surface area contributed by atoms with Crippen molar-refractivity contribution in [3.63, 3.8) is 0 Å². The zero-order valence-corrected chi connectivity index (χ0v) is 35.4. The maximum absolute atomic E-state index is 5.23. The van der Waals surface area contributed by atoms with Crippen LogP contribution in [0.5, 0.6) is 0 Å². The van der Waals surface area contributed by atoms with Crippen LogP contribution < -0.4 is 0 Å². The van der Waals surface area contributed by atoms with Crippen LogP contribution in [-0.2, 0) is 42.0 Å². The van der Waals surface area contributed by atoms with E-state index in [2.05, 4.69) is 65.2 Å². The van der Waals surface area contributed by atoms with Gasteiger partial charge in [-0.2, -0.15) is 0 Å². The zero-order valence-electron chi connectivity index (χ0n) is 31.1. The Balaban J connectivity index is -0.000000767. The third kappa shape index (κ3) is 40.8. The van der Waals surface area contributed by atoms with Gasteiger partial charge in [0.25, 0.3) is 0 Å². The largest absolute Gasteiger partial charge is 2.00 e. The molecule has 7 heteroatoms. The standard InChI is InChI=1S/2C19H39NS2.Co/c2*1-17(2)13-9-5-7-11-15-20(19(21)22)16-12-8-6-10-14-18(3)4;/h2*17-18H,5-16H2,1-4H3,(H,21,22);/q;;+2/p-2. The van der Waals surface area contributed by atoms with Crippen molar-refractivity contribution in [3.05, 3.63) is 0 Å². The number of hydrogen-bond donors (Lipinski definition) is 0. The van der Waals surface area contributed by atoms with Gasteiger partial charge in [-0.3, -0.25) is 0 Å². The Morgan fingerprint density at radius 2 is 0.556 bits per heavy atom. The van der Waals surface area contributed by atoms with Crippen molar-refractivity contribution in [2.75, 3.05) is 26.2 Å². The van der Waals surface area contributed by atoms with Gasteiger partial charge < -0.3 is 59.5 Å². The maximum Gasteiger partial charge on any atom is 2.00 e. The summed E-state index contributed by atoms with van der Waals surface area (Å²) in [6, 6.07) is 0. The fourth-order valence-electron chi connectivity index (χ4n) is 5.42. The van der Waals surface area contributed by atoms with Gasteiger partial charge in [-0.05, 0) is 49.4 Å². The van der Waals surface area contributed by atoms with Crippen LogP contribution >= 0.6 is 24.4 Å². The summed E-state index contributed by atoms with van der Waals surface area (Å²) in [5, 5.41) is 0. The Bertz CT molecular complexity index is 549.